The van der Waals surface area contributed by atoms with Gasteiger partial charge in [0.1, 0.15) is 0 Å². The molecule has 1 unspecified atom stereocenters. The van der Waals surface area contributed by atoms with Gasteiger partial charge in [-0.1, -0.05) is 17.3 Å². The van der Waals surface area contributed by atoms with Crippen LogP contribution in [-0.4, -0.2) is 28.4 Å². The Labute approximate surface area is 153 Å². The van der Waals surface area contributed by atoms with Gasteiger partial charge in [-0.25, -0.2) is 0 Å². The van der Waals surface area contributed by atoms with Crippen LogP contribution in [0.5, 0.6) is 0 Å². The SMILES string of the molecule is Cc1cc(CNC(=O)C2CC(=O)N(Cc3cccc(C(F)(F)F)c3)C2)on1. The third-order valence-electron chi connectivity index (χ3n) is 4.33. The lowest BCUT2D eigenvalue weighted by Gasteiger charge is -2.17. The molecule has 27 heavy (non-hydrogen) atoms. The fraction of sp³-hybridized carbons (Fsp3) is 0.389. The molecule has 0 aliphatic carbocycles. The summed E-state index contributed by atoms with van der Waals surface area (Å²) >= 11 is 0. The van der Waals surface area contributed by atoms with Crippen LogP contribution in [0.15, 0.2) is 34.9 Å². The minimum absolute atomic E-state index is 0.0280. The lowest BCUT2D eigenvalue weighted by molar-refractivity contribution is -0.137. The highest BCUT2D eigenvalue weighted by atomic mass is 19.4. The number of rotatable bonds is 5. The molecular formula is C18H18F3N3O3. The molecule has 2 heterocycles. The number of nitrogens with one attached hydrogen (secondary N) is 1. The highest BCUT2D eigenvalue weighted by Crippen LogP contribution is 2.30. The first-order chi connectivity index (χ1) is 12.7. The summed E-state index contributed by atoms with van der Waals surface area (Å²) in [5.41, 5.74) is 0.308. The molecule has 1 fully saturated rings. The van der Waals surface area contributed by atoms with E-state index in [1.165, 1.54) is 17.0 Å². The monoisotopic (exact) mass is 381 g/mol. The summed E-state index contributed by atoms with van der Waals surface area (Å²) in [5.74, 6) is -0.606. The minimum atomic E-state index is -4.44. The van der Waals surface area contributed by atoms with Crippen molar-refractivity contribution in [1.29, 1.82) is 0 Å². The number of carbonyl (C=O) groups is 2. The van der Waals surface area contributed by atoms with E-state index >= 15 is 0 Å². The second kappa shape index (κ2) is 7.42. The van der Waals surface area contributed by atoms with Gasteiger partial charge >= 0.3 is 6.18 Å². The van der Waals surface area contributed by atoms with Gasteiger partial charge in [0, 0.05) is 25.6 Å². The van der Waals surface area contributed by atoms with E-state index in [9.17, 15) is 22.8 Å². The smallest absolute Gasteiger partial charge is 0.359 e. The van der Waals surface area contributed by atoms with E-state index in [2.05, 4.69) is 10.5 Å². The fourth-order valence-electron chi connectivity index (χ4n) is 2.99. The lowest BCUT2D eigenvalue weighted by Crippen LogP contribution is -2.32. The van der Waals surface area contributed by atoms with Crippen LogP contribution in [0.2, 0.25) is 0 Å². The normalized spacial score (nSPS) is 17.4. The predicted octanol–water partition coefficient (Wildman–Crippen LogP) is 2.67. The number of aromatic nitrogens is 1. The molecule has 1 aromatic carbocycles. The quantitative estimate of drug-likeness (QED) is 0.864. The largest absolute Gasteiger partial charge is 0.416 e. The number of halogens is 3. The molecule has 1 aromatic heterocycles. The number of hydrogen-bond acceptors (Lipinski definition) is 4. The Hall–Kier alpha value is -2.84. The van der Waals surface area contributed by atoms with E-state index in [0.29, 0.717) is 17.0 Å². The van der Waals surface area contributed by atoms with Crippen LogP contribution in [0.3, 0.4) is 0 Å². The molecule has 0 saturated carbocycles. The second-order valence-corrected chi connectivity index (χ2v) is 6.53. The number of likely N-dealkylation sites (tertiary alicyclic amines) is 1. The van der Waals surface area contributed by atoms with Crippen LogP contribution in [0, 0.1) is 12.8 Å². The van der Waals surface area contributed by atoms with Crippen molar-refractivity contribution < 1.29 is 27.3 Å². The zero-order valence-electron chi connectivity index (χ0n) is 14.5. The van der Waals surface area contributed by atoms with Gasteiger partial charge < -0.3 is 14.7 Å². The van der Waals surface area contributed by atoms with Crippen LogP contribution in [-0.2, 0) is 28.9 Å². The molecule has 9 heteroatoms. The van der Waals surface area contributed by atoms with Gasteiger partial charge in [0.2, 0.25) is 11.8 Å². The molecular weight excluding hydrogens is 363 g/mol. The summed E-state index contributed by atoms with van der Waals surface area (Å²) in [5, 5.41) is 6.41. The van der Waals surface area contributed by atoms with Crippen molar-refractivity contribution in [1.82, 2.24) is 15.4 Å². The summed E-state index contributed by atoms with van der Waals surface area (Å²) < 4.78 is 43.4. The zero-order valence-corrected chi connectivity index (χ0v) is 14.5. The first kappa shape index (κ1) is 18.9. The van der Waals surface area contributed by atoms with Gasteiger partial charge in [0.25, 0.3) is 0 Å². The Bertz CT molecular complexity index is 848. The van der Waals surface area contributed by atoms with Crippen molar-refractivity contribution in [2.75, 3.05) is 6.54 Å². The van der Waals surface area contributed by atoms with E-state index < -0.39 is 17.7 Å². The molecule has 1 aliphatic rings. The first-order valence-corrected chi connectivity index (χ1v) is 8.36. The molecule has 0 bridgehead atoms. The van der Waals surface area contributed by atoms with Crippen LogP contribution < -0.4 is 5.32 Å². The van der Waals surface area contributed by atoms with Gasteiger partial charge in [-0.2, -0.15) is 13.2 Å². The molecule has 2 amide bonds. The third kappa shape index (κ3) is 4.66. The lowest BCUT2D eigenvalue weighted by atomic mass is 10.1. The van der Waals surface area contributed by atoms with E-state index in [1.807, 2.05) is 0 Å². The van der Waals surface area contributed by atoms with Crippen molar-refractivity contribution in [3.05, 3.63) is 52.9 Å². The number of aryl methyl sites for hydroxylation is 1. The number of carbonyl (C=O) groups excluding carboxylic acids is 2. The number of alkyl halides is 3. The molecule has 1 atom stereocenters. The summed E-state index contributed by atoms with van der Waals surface area (Å²) in [4.78, 5) is 25.8. The van der Waals surface area contributed by atoms with Crippen LogP contribution in [0.1, 0.15) is 29.0 Å². The van der Waals surface area contributed by atoms with Crippen molar-refractivity contribution in [2.24, 2.45) is 5.92 Å². The highest BCUT2D eigenvalue weighted by Gasteiger charge is 2.35. The Kier molecular flexibility index (Phi) is 5.20. The Morgan fingerprint density at radius 3 is 2.81 bits per heavy atom. The van der Waals surface area contributed by atoms with Crippen molar-refractivity contribution in [3.63, 3.8) is 0 Å². The maximum absolute atomic E-state index is 12.8. The topological polar surface area (TPSA) is 75.4 Å². The molecule has 0 spiro atoms. The number of hydrogen-bond donors (Lipinski definition) is 1. The molecule has 1 N–H and O–H groups in total. The Morgan fingerprint density at radius 2 is 2.15 bits per heavy atom. The van der Waals surface area contributed by atoms with Crippen LogP contribution >= 0.6 is 0 Å². The standard InChI is InChI=1S/C18H18F3N3O3/c1-11-5-15(27-23-11)8-22-17(26)13-7-16(25)24(10-13)9-12-3-2-4-14(6-12)18(19,20)21/h2-6,13H,7-10H2,1H3,(H,22,26). The number of benzene rings is 1. The van der Waals surface area contributed by atoms with Gasteiger partial charge in [0.05, 0.1) is 23.7 Å². The van der Waals surface area contributed by atoms with E-state index in [4.69, 9.17) is 4.52 Å². The van der Waals surface area contributed by atoms with Crippen LogP contribution in [0.4, 0.5) is 13.2 Å². The maximum atomic E-state index is 12.8. The Balaban J connectivity index is 1.58. The predicted molar refractivity (Wildman–Crippen MR) is 88.1 cm³/mol. The van der Waals surface area contributed by atoms with E-state index in [1.54, 1.807) is 13.0 Å². The zero-order chi connectivity index (χ0) is 19.6. The summed E-state index contributed by atoms with van der Waals surface area (Å²) in [6.07, 6.45) is -4.41. The second-order valence-electron chi connectivity index (χ2n) is 6.53. The average molecular weight is 381 g/mol. The van der Waals surface area contributed by atoms with Gasteiger partial charge in [-0.05, 0) is 24.6 Å². The molecule has 1 aliphatic heterocycles. The first-order valence-electron chi connectivity index (χ1n) is 8.36. The Morgan fingerprint density at radius 1 is 1.37 bits per heavy atom. The molecule has 0 radical (unpaired) electrons. The fourth-order valence-corrected chi connectivity index (χ4v) is 2.99. The summed E-state index contributed by atoms with van der Waals surface area (Å²) in [6.45, 7) is 2.12. The average Bonchev–Trinajstić information content (AvgIpc) is 3.18. The summed E-state index contributed by atoms with van der Waals surface area (Å²) in [7, 11) is 0. The minimum Gasteiger partial charge on any atom is -0.359 e. The van der Waals surface area contributed by atoms with Gasteiger partial charge in [-0.3, -0.25) is 9.59 Å². The number of nitrogens with zero attached hydrogens (tertiary/aromatic N) is 2. The summed E-state index contributed by atoms with van der Waals surface area (Å²) in [6, 6.07) is 6.54. The van der Waals surface area contributed by atoms with Crippen molar-refractivity contribution in [2.45, 2.75) is 32.6 Å². The molecule has 2 aromatic rings. The molecule has 6 nitrogen and oxygen atoms in total. The molecule has 3 rings (SSSR count). The van der Waals surface area contributed by atoms with Crippen molar-refractivity contribution in [3.8, 4) is 0 Å². The maximum Gasteiger partial charge on any atom is 0.416 e. The molecule has 144 valence electrons. The van der Waals surface area contributed by atoms with Gasteiger partial charge in [-0.15, -0.1) is 0 Å². The number of amides is 2. The third-order valence-corrected chi connectivity index (χ3v) is 4.33. The molecule has 1 saturated heterocycles. The van der Waals surface area contributed by atoms with Crippen LogP contribution in [0.25, 0.3) is 0 Å². The highest BCUT2D eigenvalue weighted by molar-refractivity contribution is 5.89. The van der Waals surface area contributed by atoms with E-state index in [-0.39, 0.29) is 37.9 Å². The van der Waals surface area contributed by atoms with Crippen molar-refractivity contribution >= 4 is 11.8 Å². The van der Waals surface area contributed by atoms with Gasteiger partial charge in [0.15, 0.2) is 5.76 Å². The van der Waals surface area contributed by atoms with E-state index in [0.717, 1.165) is 12.1 Å².